The van der Waals surface area contributed by atoms with Crippen molar-refractivity contribution in [3.8, 4) is 17.2 Å². The van der Waals surface area contributed by atoms with Crippen molar-refractivity contribution in [2.24, 2.45) is 17.6 Å². The highest BCUT2D eigenvalue weighted by atomic mass is 16.6. The zero-order valence-electron chi connectivity index (χ0n) is 27.1. The van der Waals surface area contributed by atoms with Gasteiger partial charge in [-0.2, -0.15) is 0 Å². The van der Waals surface area contributed by atoms with E-state index < -0.39 is 18.2 Å². The lowest BCUT2D eigenvalue weighted by molar-refractivity contribution is -0.957. The molecule has 2 amide bonds. The smallest absolute Gasteiger partial charge is 0.415 e. The number of quaternary nitrogens is 1. The number of piperidine rings is 1. The minimum absolute atomic E-state index is 0.211. The van der Waals surface area contributed by atoms with Crippen LogP contribution in [-0.2, 0) is 28.0 Å². The van der Waals surface area contributed by atoms with E-state index in [2.05, 4.69) is 18.4 Å². The number of nitrogens with one attached hydrogen (secondary N) is 1. The van der Waals surface area contributed by atoms with Crippen molar-refractivity contribution in [1.82, 2.24) is 10.2 Å². The Balaban J connectivity index is 1.10. The predicted octanol–water partition coefficient (Wildman–Crippen LogP) is 3.57. The first-order chi connectivity index (χ1) is 21.5. The number of carbonyl (C=O) groups is 3. The lowest BCUT2D eigenvalue weighted by atomic mass is 9.51. The van der Waals surface area contributed by atoms with Gasteiger partial charge < -0.3 is 34.6 Å². The molecule has 3 N–H and O–H groups in total. The van der Waals surface area contributed by atoms with Crippen LogP contribution in [-0.4, -0.2) is 86.2 Å². The highest BCUT2D eigenvalue weighted by Crippen LogP contribution is 2.64. The molecule has 5 unspecified atom stereocenters. The zero-order chi connectivity index (χ0) is 32.1. The molecule has 1 spiro atoms. The summed E-state index contributed by atoms with van der Waals surface area (Å²) in [5.74, 6) is 2.70. The Morgan fingerprint density at radius 2 is 1.96 bits per heavy atom. The van der Waals surface area contributed by atoms with Gasteiger partial charge in [0.15, 0.2) is 23.4 Å². The highest BCUT2D eigenvalue weighted by molar-refractivity contribution is 5.89. The number of likely N-dealkylation sites (N-methyl/N-ethyl adjacent to an activating group) is 2. The number of nitrogens with two attached hydrogens (primary N) is 1. The van der Waals surface area contributed by atoms with Gasteiger partial charge in [0.1, 0.15) is 12.3 Å². The Morgan fingerprint density at radius 1 is 1.20 bits per heavy atom. The van der Waals surface area contributed by atoms with E-state index in [0.29, 0.717) is 49.6 Å². The minimum atomic E-state index is -0.553. The van der Waals surface area contributed by atoms with Crippen LogP contribution in [0.4, 0.5) is 4.79 Å². The molecule has 45 heavy (non-hydrogen) atoms. The summed E-state index contributed by atoms with van der Waals surface area (Å²) in [6.45, 7) is 6.45. The van der Waals surface area contributed by atoms with Crippen LogP contribution in [0.2, 0.25) is 0 Å². The van der Waals surface area contributed by atoms with Gasteiger partial charge in [0.25, 0.3) is 0 Å². The normalized spacial score (nSPS) is 28.2. The van der Waals surface area contributed by atoms with Gasteiger partial charge in [-0.05, 0) is 54.7 Å². The number of Topliss-reactive ketones (excluding diaryl/α,β-unsaturated/α-hetero) is 1. The van der Waals surface area contributed by atoms with Gasteiger partial charge in [0.05, 0.1) is 38.2 Å². The molecule has 1 saturated carbocycles. The molecule has 2 fully saturated rings. The van der Waals surface area contributed by atoms with Crippen LogP contribution in [0.25, 0.3) is 0 Å². The number of hydrogen-bond donors (Lipinski definition) is 2. The van der Waals surface area contributed by atoms with Gasteiger partial charge in [0.2, 0.25) is 5.91 Å². The summed E-state index contributed by atoms with van der Waals surface area (Å²) in [5, 5.41) is 2.79. The van der Waals surface area contributed by atoms with Crippen molar-refractivity contribution < 1.29 is 33.1 Å². The molecule has 2 aromatic rings. The van der Waals surface area contributed by atoms with Crippen molar-refractivity contribution in [3.05, 3.63) is 53.1 Å². The number of nitrogens with zero attached hydrogens (tertiary/aromatic N) is 2. The maximum Gasteiger partial charge on any atom is 0.415 e. The van der Waals surface area contributed by atoms with Gasteiger partial charge in [-0.15, -0.1) is 0 Å². The summed E-state index contributed by atoms with van der Waals surface area (Å²) in [7, 11) is 5.66. The number of likely N-dealkylation sites (tertiary alicyclic amines) is 1. The highest BCUT2D eigenvalue weighted by Gasteiger charge is 2.69. The standard InChI is InChI=1S/C35H46N4O6/c1-21(2)18-26(36)33(41)37-15-16-38(3)34(42)44-24-9-6-22(7-10-24)20-39(4)17-14-35-25-11-12-28(40)32(35)45-31-29(43-5)13-8-23(30(31)35)19-27(25)39/h6-10,13,21,25-27,32H,11-12,14-20,36H2,1-5H3/p+1/t25?,26-,27?,32?,35?,39?/m0/s1. The topological polar surface area (TPSA) is 120 Å². The molecule has 2 aromatic carbocycles. The lowest BCUT2D eigenvalue weighted by Gasteiger charge is -2.60. The lowest BCUT2D eigenvalue weighted by Crippen LogP contribution is -2.71. The minimum Gasteiger partial charge on any atom is -0.493 e. The third-order valence-corrected chi connectivity index (χ3v) is 10.8. The van der Waals surface area contributed by atoms with Crippen LogP contribution in [0.5, 0.6) is 17.2 Å². The molecule has 2 aliphatic carbocycles. The number of amides is 2. The Morgan fingerprint density at radius 3 is 2.67 bits per heavy atom. The molecule has 10 nitrogen and oxygen atoms in total. The molecule has 6 atom stereocenters. The van der Waals surface area contributed by atoms with E-state index in [1.165, 1.54) is 21.6 Å². The Bertz CT molecular complexity index is 1480. The average molecular weight is 620 g/mol. The Kier molecular flexibility index (Phi) is 8.33. The molecular weight excluding hydrogens is 572 g/mol. The number of ether oxygens (including phenoxy) is 3. The van der Waals surface area contributed by atoms with E-state index >= 15 is 0 Å². The molecule has 2 heterocycles. The third-order valence-electron chi connectivity index (χ3n) is 10.8. The quantitative estimate of drug-likeness (QED) is 0.390. The summed E-state index contributed by atoms with van der Waals surface area (Å²) in [4.78, 5) is 39.5. The predicted molar refractivity (Wildman–Crippen MR) is 169 cm³/mol. The number of benzene rings is 2. The van der Waals surface area contributed by atoms with Gasteiger partial charge in [-0.3, -0.25) is 9.59 Å². The second-order valence-electron chi connectivity index (χ2n) is 14.1. The molecule has 2 aliphatic heterocycles. The Labute approximate surface area is 265 Å². The fourth-order valence-electron chi connectivity index (χ4n) is 8.58. The van der Waals surface area contributed by atoms with E-state index in [1.807, 2.05) is 44.2 Å². The molecule has 242 valence electrons. The van der Waals surface area contributed by atoms with Crippen LogP contribution >= 0.6 is 0 Å². The SMILES string of the molecule is COc1ccc2c3c1OC1C(=O)CCC4C(C2)[N+](C)(Cc2ccc(OC(=O)N(C)CCNC(=O)[C@@H](N)CC(C)C)cc2)CCC314. The summed E-state index contributed by atoms with van der Waals surface area (Å²) < 4.78 is 18.6. The number of carbonyl (C=O) groups excluding carboxylic acids is 3. The molecule has 0 radical (unpaired) electrons. The monoisotopic (exact) mass is 619 g/mol. The van der Waals surface area contributed by atoms with Crippen LogP contribution in [0, 0.1) is 11.8 Å². The first-order valence-corrected chi connectivity index (χ1v) is 16.3. The molecule has 2 bridgehead atoms. The molecule has 0 aromatic heterocycles. The maximum absolute atomic E-state index is 13.2. The van der Waals surface area contributed by atoms with Crippen molar-refractivity contribution in [1.29, 1.82) is 0 Å². The van der Waals surface area contributed by atoms with Crippen molar-refractivity contribution in [3.63, 3.8) is 0 Å². The molecular formula is C35H47N4O6+. The third kappa shape index (κ3) is 5.46. The van der Waals surface area contributed by atoms with Crippen molar-refractivity contribution in [2.45, 2.75) is 76.1 Å². The van der Waals surface area contributed by atoms with Crippen molar-refractivity contribution in [2.75, 3.05) is 40.8 Å². The first-order valence-electron chi connectivity index (χ1n) is 16.3. The number of rotatable bonds is 10. The average Bonchev–Trinajstić information content (AvgIpc) is 3.36. The first kappa shape index (κ1) is 31.4. The largest absolute Gasteiger partial charge is 0.493 e. The van der Waals surface area contributed by atoms with E-state index in [1.54, 1.807) is 14.2 Å². The number of methoxy groups -OCH3 is 1. The molecule has 4 aliphatic rings. The summed E-state index contributed by atoms with van der Waals surface area (Å²) in [6, 6.07) is 11.8. The van der Waals surface area contributed by atoms with Crippen LogP contribution in [0.15, 0.2) is 36.4 Å². The van der Waals surface area contributed by atoms with Gasteiger partial charge in [0, 0.05) is 56.4 Å². The van der Waals surface area contributed by atoms with Crippen LogP contribution in [0.1, 0.15) is 56.2 Å². The molecule has 6 rings (SSSR count). The maximum atomic E-state index is 13.2. The zero-order valence-corrected chi connectivity index (χ0v) is 27.1. The Hall–Kier alpha value is -3.63. The molecule has 1 saturated heterocycles. The van der Waals surface area contributed by atoms with E-state index in [4.69, 9.17) is 19.9 Å². The summed E-state index contributed by atoms with van der Waals surface area (Å²) in [5.41, 5.74) is 9.37. The fraction of sp³-hybridized carbons (Fsp3) is 0.571. The van der Waals surface area contributed by atoms with E-state index in [9.17, 15) is 14.4 Å². The van der Waals surface area contributed by atoms with E-state index in [-0.39, 0.29) is 17.1 Å². The summed E-state index contributed by atoms with van der Waals surface area (Å²) in [6.07, 6.45) is 3.02. The van der Waals surface area contributed by atoms with Gasteiger partial charge in [-0.1, -0.05) is 19.9 Å². The second kappa shape index (κ2) is 11.9. The van der Waals surface area contributed by atoms with Gasteiger partial charge >= 0.3 is 6.09 Å². The molecule has 10 heteroatoms. The van der Waals surface area contributed by atoms with Crippen LogP contribution < -0.4 is 25.3 Å². The number of hydrogen-bond acceptors (Lipinski definition) is 7. The fourth-order valence-corrected chi connectivity index (χ4v) is 8.58. The van der Waals surface area contributed by atoms with Gasteiger partial charge in [-0.25, -0.2) is 4.79 Å². The van der Waals surface area contributed by atoms with Crippen LogP contribution in [0.3, 0.4) is 0 Å². The van der Waals surface area contributed by atoms with E-state index in [0.717, 1.165) is 48.3 Å². The van der Waals surface area contributed by atoms with Crippen molar-refractivity contribution >= 4 is 17.8 Å². The summed E-state index contributed by atoms with van der Waals surface area (Å²) >= 11 is 0. The number of ketones is 1. The second-order valence-corrected chi connectivity index (χ2v) is 14.1.